The van der Waals surface area contributed by atoms with Gasteiger partial charge in [-0.2, -0.15) is 0 Å². The molecular formula is C24H21F3N6O. The monoisotopic (exact) mass is 466 g/mol. The number of carbonyl (C=O) groups is 1. The lowest BCUT2D eigenvalue weighted by Crippen LogP contribution is -2.09. The number of benzene rings is 2. The summed E-state index contributed by atoms with van der Waals surface area (Å²) >= 11 is 0. The van der Waals surface area contributed by atoms with Crippen LogP contribution in [-0.2, 0) is 4.79 Å². The molecule has 0 fully saturated rings. The molecule has 2 aromatic carbocycles. The summed E-state index contributed by atoms with van der Waals surface area (Å²) < 4.78 is 45.7. The zero-order chi connectivity index (χ0) is 24.6. The first-order valence-electron chi connectivity index (χ1n) is 10.4. The van der Waals surface area contributed by atoms with Crippen LogP contribution < -0.4 is 10.6 Å². The number of halogens is 3. The number of aromatic nitrogens is 4. The number of imidazole rings is 1. The molecule has 174 valence electrons. The predicted octanol–water partition coefficient (Wildman–Crippen LogP) is 5.67. The largest absolute Gasteiger partial charge is 0.326 e. The van der Waals surface area contributed by atoms with Crippen molar-refractivity contribution in [1.82, 2.24) is 19.5 Å². The first-order valence-corrected chi connectivity index (χ1v) is 10.4. The van der Waals surface area contributed by atoms with Gasteiger partial charge in [0.05, 0.1) is 17.4 Å². The maximum absolute atomic E-state index is 14.8. The minimum atomic E-state index is -0.745. The van der Waals surface area contributed by atoms with Crippen molar-refractivity contribution in [3.05, 3.63) is 72.5 Å². The molecule has 0 atom stereocenters. The molecule has 2 heterocycles. The van der Waals surface area contributed by atoms with Crippen LogP contribution in [0, 0.1) is 24.4 Å². The first-order chi connectivity index (χ1) is 16.2. The molecule has 4 aromatic rings. The highest BCUT2D eigenvalue weighted by molar-refractivity contribution is 5.99. The highest BCUT2D eigenvalue weighted by Crippen LogP contribution is 2.30. The highest BCUT2D eigenvalue weighted by Gasteiger charge is 2.18. The Morgan fingerprint density at radius 2 is 1.85 bits per heavy atom. The quantitative estimate of drug-likeness (QED) is 0.358. The summed E-state index contributed by atoms with van der Waals surface area (Å²) in [7, 11) is 0. The molecule has 0 aliphatic rings. The Balaban J connectivity index is 1.70. The van der Waals surface area contributed by atoms with Crippen LogP contribution in [0.3, 0.4) is 0 Å². The molecule has 0 bridgehead atoms. The van der Waals surface area contributed by atoms with Crippen LogP contribution >= 0.6 is 0 Å². The molecule has 0 saturated heterocycles. The van der Waals surface area contributed by atoms with E-state index in [1.165, 1.54) is 18.2 Å². The maximum Gasteiger partial charge on any atom is 0.247 e. The summed E-state index contributed by atoms with van der Waals surface area (Å²) in [5.74, 6) is -1.97. The molecule has 0 radical (unpaired) electrons. The zero-order valence-electron chi connectivity index (χ0n) is 18.7. The van der Waals surface area contributed by atoms with Gasteiger partial charge in [0.15, 0.2) is 11.6 Å². The van der Waals surface area contributed by atoms with E-state index in [4.69, 9.17) is 0 Å². The van der Waals surface area contributed by atoms with E-state index in [1.807, 2.05) is 18.4 Å². The Morgan fingerprint density at radius 1 is 1.09 bits per heavy atom. The third kappa shape index (κ3) is 4.34. The van der Waals surface area contributed by atoms with E-state index in [1.54, 1.807) is 13.0 Å². The number of carbonyl (C=O) groups excluding carboxylic acids is 1. The number of anilines is 3. The lowest BCUT2D eigenvalue weighted by Gasteiger charge is -2.12. The van der Waals surface area contributed by atoms with Crippen molar-refractivity contribution in [3.8, 4) is 11.3 Å². The molecule has 0 saturated carbocycles. The molecule has 10 heteroatoms. The summed E-state index contributed by atoms with van der Waals surface area (Å²) in [4.78, 5) is 23.7. The molecule has 2 N–H and O–H groups in total. The number of rotatable bonds is 6. The molecule has 2 aromatic heterocycles. The topological polar surface area (TPSA) is 84.7 Å². The number of aryl methyl sites for hydroxylation is 1. The van der Waals surface area contributed by atoms with E-state index in [-0.39, 0.29) is 40.1 Å². The van der Waals surface area contributed by atoms with Crippen LogP contribution in [0.15, 0.2) is 49.2 Å². The Kier molecular flexibility index (Phi) is 6.06. The summed E-state index contributed by atoms with van der Waals surface area (Å²) in [5.41, 5.74) is 1.04. The van der Waals surface area contributed by atoms with Crippen LogP contribution in [0.2, 0.25) is 0 Å². The van der Waals surface area contributed by atoms with Crippen molar-refractivity contribution in [3.63, 3.8) is 0 Å². The van der Waals surface area contributed by atoms with E-state index in [2.05, 4.69) is 32.2 Å². The third-order valence-corrected chi connectivity index (χ3v) is 5.13. The number of hydrogen-bond donors (Lipinski definition) is 2. The number of amides is 1. The number of nitrogens with zero attached hydrogens (tertiary/aromatic N) is 4. The van der Waals surface area contributed by atoms with Gasteiger partial charge in [0.1, 0.15) is 22.9 Å². The first kappa shape index (κ1) is 23.0. The van der Waals surface area contributed by atoms with Gasteiger partial charge in [-0.3, -0.25) is 4.79 Å². The van der Waals surface area contributed by atoms with Gasteiger partial charge in [0, 0.05) is 17.3 Å². The molecule has 7 nitrogen and oxygen atoms in total. The third-order valence-electron chi connectivity index (χ3n) is 5.13. The summed E-state index contributed by atoms with van der Waals surface area (Å²) in [5, 5.41) is 5.13. The number of fused-ring (bicyclic) bond motifs is 1. The lowest BCUT2D eigenvalue weighted by molar-refractivity contribution is -0.111. The van der Waals surface area contributed by atoms with Gasteiger partial charge in [-0.1, -0.05) is 6.58 Å². The van der Waals surface area contributed by atoms with Gasteiger partial charge < -0.3 is 15.2 Å². The predicted molar refractivity (Wildman–Crippen MR) is 124 cm³/mol. The average Bonchev–Trinajstić information content (AvgIpc) is 3.13. The fourth-order valence-corrected chi connectivity index (χ4v) is 3.69. The maximum atomic E-state index is 14.8. The fraction of sp³-hybridized carbons (Fsp3) is 0.167. The van der Waals surface area contributed by atoms with Crippen molar-refractivity contribution in [2.75, 3.05) is 10.6 Å². The molecule has 0 unspecified atom stereocenters. The standard InChI is InChI=1S/C24H21F3N6O/c1-5-21(34)31-19-7-6-15(10-16(19)25)30-24-28-11-18(27)22(32-24)14-8-17(26)23-20(9-14)33(12(2)3)13(4)29-23/h5-12H,1H2,2-4H3,(H,31,34)(H,28,30,32). The second-order valence-corrected chi connectivity index (χ2v) is 7.85. The minimum absolute atomic E-state index is 0.0151. The molecule has 0 aliphatic heterocycles. The van der Waals surface area contributed by atoms with Crippen LogP contribution in [0.1, 0.15) is 25.7 Å². The van der Waals surface area contributed by atoms with Gasteiger partial charge in [-0.05, 0) is 57.2 Å². The normalized spacial score (nSPS) is 11.1. The minimum Gasteiger partial charge on any atom is -0.326 e. The second kappa shape index (κ2) is 8.97. The van der Waals surface area contributed by atoms with Gasteiger partial charge in [-0.25, -0.2) is 28.1 Å². The number of nitrogens with one attached hydrogen (secondary N) is 2. The molecular weight excluding hydrogens is 445 g/mol. The van der Waals surface area contributed by atoms with E-state index in [0.29, 0.717) is 11.3 Å². The van der Waals surface area contributed by atoms with Crippen LogP contribution in [0.25, 0.3) is 22.3 Å². The van der Waals surface area contributed by atoms with Crippen molar-refractivity contribution in [2.24, 2.45) is 0 Å². The zero-order valence-corrected chi connectivity index (χ0v) is 18.7. The summed E-state index contributed by atoms with van der Waals surface area (Å²) in [6.45, 7) is 8.98. The summed E-state index contributed by atoms with van der Waals surface area (Å²) in [6, 6.07) is 6.78. The van der Waals surface area contributed by atoms with Gasteiger partial charge >= 0.3 is 0 Å². The van der Waals surface area contributed by atoms with Crippen molar-refractivity contribution in [2.45, 2.75) is 26.8 Å². The van der Waals surface area contributed by atoms with Crippen molar-refractivity contribution < 1.29 is 18.0 Å². The molecule has 34 heavy (non-hydrogen) atoms. The van der Waals surface area contributed by atoms with Gasteiger partial charge in [0.2, 0.25) is 11.9 Å². The lowest BCUT2D eigenvalue weighted by atomic mass is 10.1. The van der Waals surface area contributed by atoms with E-state index in [0.717, 1.165) is 18.3 Å². The second-order valence-electron chi connectivity index (χ2n) is 7.85. The SMILES string of the molecule is C=CC(=O)Nc1ccc(Nc2ncc(F)c(-c3cc(F)c4nc(C)n(C(C)C)c4c3)n2)cc1F. The molecule has 0 aliphatic carbocycles. The van der Waals surface area contributed by atoms with E-state index >= 15 is 0 Å². The fourth-order valence-electron chi connectivity index (χ4n) is 3.69. The Hall–Kier alpha value is -4.21. The van der Waals surface area contributed by atoms with E-state index < -0.39 is 23.4 Å². The van der Waals surface area contributed by atoms with Gasteiger partial charge in [-0.15, -0.1) is 0 Å². The molecule has 0 spiro atoms. The Morgan fingerprint density at radius 3 is 2.53 bits per heavy atom. The van der Waals surface area contributed by atoms with Crippen molar-refractivity contribution >= 4 is 34.3 Å². The van der Waals surface area contributed by atoms with Crippen LogP contribution in [0.5, 0.6) is 0 Å². The van der Waals surface area contributed by atoms with Crippen LogP contribution in [0.4, 0.5) is 30.5 Å². The average molecular weight is 466 g/mol. The molecule has 4 rings (SSSR count). The smallest absolute Gasteiger partial charge is 0.247 e. The van der Waals surface area contributed by atoms with E-state index in [9.17, 15) is 18.0 Å². The van der Waals surface area contributed by atoms with Crippen LogP contribution in [-0.4, -0.2) is 25.4 Å². The van der Waals surface area contributed by atoms with Crippen molar-refractivity contribution in [1.29, 1.82) is 0 Å². The Labute approximate surface area is 193 Å². The molecule has 1 amide bonds. The highest BCUT2D eigenvalue weighted by atomic mass is 19.1. The number of hydrogen-bond acceptors (Lipinski definition) is 5. The van der Waals surface area contributed by atoms with Gasteiger partial charge in [0.25, 0.3) is 0 Å². The Bertz CT molecular complexity index is 1430. The summed E-state index contributed by atoms with van der Waals surface area (Å²) in [6.07, 6.45) is 1.97.